The molecule has 0 saturated heterocycles. The molecule has 0 aromatic heterocycles. The number of aromatic carboxylic acids is 1. The number of aliphatic hydroxyl groups excluding tert-OH is 5. The van der Waals surface area contributed by atoms with Crippen molar-refractivity contribution in [1.29, 1.82) is 0 Å². The van der Waals surface area contributed by atoms with E-state index < -0.39 is 60.9 Å². The Kier molecular flexibility index (Phi) is 15.4. The van der Waals surface area contributed by atoms with E-state index in [1.54, 1.807) is 46.0 Å². The number of carboxylic acids is 1. The number of benzene rings is 2. The monoisotopic (exact) mass is 687 g/mol. The molecule has 0 unspecified atom stereocenters. The van der Waals surface area contributed by atoms with Gasteiger partial charge in [0.1, 0.15) is 24.9 Å². The van der Waals surface area contributed by atoms with Gasteiger partial charge in [0.25, 0.3) is 0 Å². The Morgan fingerprint density at radius 2 is 1.55 bits per heavy atom. The summed E-state index contributed by atoms with van der Waals surface area (Å²) in [6.07, 6.45) is -5.09. The molecule has 3 rings (SSSR count). The standard InChI is InChI=1S/C27H32N4O5.C7H17NO5/c1-17(2)13-21-20-11-6-7-12-22(20)30(15-23(32)27(3,4)5)26(36)31(29-21)16-24(33)28-19-10-8-9-18(14-19)25(34)35;1-8-2-4(10)6(12)7(13)5(11)3-9/h6-12,14,17H,13,15-16H2,1-5H3,(H,28,33)(H,34,35);4-13H,2-3H2,1H3/t;4-,5+,6+,7+/m.0/s1. The second-order valence-electron chi connectivity index (χ2n) is 13.1. The van der Waals surface area contributed by atoms with E-state index in [2.05, 4.69) is 15.7 Å². The Labute approximate surface area is 285 Å². The minimum atomic E-state index is -1.55. The van der Waals surface area contributed by atoms with Crippen LogP contribution in [-0.2, 0) is 9.59 Å². The number of likely N-dealkylation sites (N-methyl/N-ethyl adjacent to an activating group) is 1. The zero-order valence-electron chi connectivity index (χ0n) is 28.7. The normalized spacial score (nSPS) is 15.6. The zero-order chi connectivity index (χ0) is 37.1. The molecule has 0 bridgehead atoms. The highest BCUT2D eigenvalue weighted by Crippen LogP contribution is 2.29. The maximum absolute atomic E-state index is 13.7. The van der Waals surface area contributed by atoms with Gasteiger partial charge in [-0.15, -0.1) is 0 Å². The average Bonchev–Trinajstić information content (AvgIpc) is 3.14. The van der Waals surface area contributed by atoms with Crippen LogP contribution < -0.4 is 15.5 Å². The van der Waals surface area contributed by atoms with Gasteiger partial charge in [0.2, 0.25) is 5.91 Å². The van der Waals surface area contributed by atoms with Crippen LogP contribution in [-0.4, -0.2) is 123 Å². The third kappa shape index (κ3) is 12.0. The van der Waals surface area contributed by atoms with Gasteiger partial charge in [-0.2, -0.15) is 5.10 Å². The van der Waals surface area contributed by atoms with Crippen LogP contribution in [0.15, 0.2) is 53.6 Å². The van der Waals surface area contributed by atoms with Gasteiger partial charge in [0.15, 0.2) is 5.78 Å². The van der Waals surface area contributed by atoms with Crippen LogP contribution in [0, 0.1) is 11.3 Å². The summed E-state index contributed by atoms with van der Waals surface area (Å²) in [7, 11) is 1.57. The van der Waals surface area contributed by atoms with Crippen molar-refractivity contribution in [2.24, 2.45) is 16.4 Å². The molecule has 1 aliphatic heterocycles. The lowest BCUT2D eigenvalue weighted by molar-refractivity contribution is -0.124. The largest absolute Gasteiger partial charge is 0.478 e. The fourth-order valence-corrected chi connectivity index (χ4v) is 4.57. The van der Waals surface area contributed by atoms with Gasteiger partial charge in [-0.3, -0.25) is 14.5 Å². The number of fused-ring (bicyclic) bond motifs is 1. The van der Waals surface area contributed by atoms with Gasteiger partial charge in [0.05, 0.1) is 36.2 Å². The number of nitrogens with one attached hydrogen (secondary N) is 2. The van der Waals surface area contributed by atoms with Crippen LogP contribution >= 0.6 is 0 Å². The molecule has 2 aromatic rings. The van der Waals surface area contributed by atoms with Gasteiger partial charge >= 0.3 is 12.0 Å². The molecular weight excluding hydrogens is 638 g/mol. The van der Waals surface area contributed by atoms with Crippen LogP contribution in [0.5, 0.6) is 0 Å². The van der Waals surface area contributed by atoms with Crippen molar-refractivity contribution in [3.63, 3.8) is 0 Å². The number of anilines is 2. The van der Waals surface area contributed by atoms with E-state index in [0.29, 0.717) is 17.8 Å². The minimum Gasteiger partial charge on any atom is -0.478 e. The van der Waals surface area contributed by atoms with Gasteiger partial charge in [0, 0.05) is 23.2 Å². The highest BCUT2D eigenvalue weighted by Gasteiger charge is 2.34. The molecule has 0 saturated carbocycles. The first-order chi connectivity index (χ1) is 22.9. The minimum absolute atomic E-state index is 0.0261. The molecule has 0 spiro atoms. The van der Waals surface area contributed by atoms with E-state index in [4.69, 9.17) is 20.4 Å². The lowest BCUT2D eigenvalue weighted by Gasteiger charge is -2.28. The third-order valence-corrected chi connectivity index (χ3v) is 7.36. The zero-order valence-corrected chi connectivity index (χ0v) is 28.7. The van der Waals surface area contributed by atoms with Crippen molar-refractivity contribution in [2.45, 2.75) is 65.5 Å². The number of ketones is 1. The van der Waals surface area contributed by atoms with Crippen LogP contribution in [0.25, 0.3) is 0 Å². The van der Waals surface area contributed by atoms with Crippen molar-refractivity contribution >= 4 is 40.8 Å². The molecule has 15 nitrogen and oxygen atoms in total. The Morgan fingerprint density at radius 1 is 0.918 bits per heavy atom. The second kappa shape index (κ2) is 18.5. The Bertz CT molecular complexity index is 1480. The molecule has 3 amide bonds. The number of hydrogen-bond acceptors (Lipinski definition) is 11. The van der Waals surface area contributed by atoms with Crippen molar-refractivity contribution in [1.82, 2.24) is 10.3 Å². The van der Waals surface area contributed by atoms with Crippen LogP contribution in [0.3, 0.4) is 0 Å². The number of para-hydroxylation sites is 1. The van der Waals surface area contributed by atoms with Gasteiger partial charge in [-0.05, 0) is 43.7 Å². The molecular formula is C34H49N5O10. The van der Waals surface area contributed by atoms with E-state index in [1.165, 1.54) is 23.1 Å². The summed E-state index contributed by atoms with van der Waals surface area (Å²) in [6.45, 7) is 8.30. The third-order valence-electron chi connectivity index (χ3n) is 7.36. The number of aliphatic hydroxyl groups is 5. The maximum atomic E-state index is 13.7. The first-order valence-corrected chi connectivity index (χ1v) is 15.8. The number of rotatable bonds is 14. The number of carbonyl (C=O) groups excluding carboxylic acids is 3. The molecule has 1 heterocycles. The lowest BCUT2D eigenvalue weighted by Crippen LogP contribution is -2.48. The van der Waals surface area contributed by atoms with Gasteiger partial charge in [-0.25, -0.2) is 14.6 Å². The Morgan fingerprint density at radius 3 is 2.12 bits per heavy atom. The predicted molar refractivity (Wildman–Crippen MR) is 183 cm³/mol. The van der Waals surface area contributed by atoms with Crippen molar-refractivity contribution < 1.29 is 49.8 Å². The van der Waals surface area contributed by atoms with Crippen LogP contribution in [0.4, 0.5) is 16.2 Å². The summed E-state index contributed by atoms with van der Waals surface area (Å²) in [5, 5.41) is 65.0. The number of nitrogens with zero attached hydrogens (tertiary/aromatic N) is 3. The number of Topliss-reactive ketones (excluding diaryl/α,β-unsaturated/α-hetero) is 1. The summed E-state index contributed by atoms with van der Waals surface area (Å²) < 4.78 is 0. The van der Waals surface area contributed by atoms with E-state index >= 15 is 0 Å². The SMILES string of the molecule is CC(C)CC1=NN(CC(=O)Nc2cccc(C(=O)O)c2)C(=O)N(CC(=O)C(C)(C)C)c2ccccc21.CNC[C@H](O)[C@@H](O)[C@H](O)[C@H](O)CO. The summed E-state index contributed by atoms with van der Waals surface area (Å²) in [4.78, 5) is 52.1. The molecule has 15 heteroatoms. The van der Waals surface area contributed by atoms with Crippen molar-refractivity contribution in [3.05, 3.63) is 59.7 Å². The van der Waals surface area contributed by atoms with E-state index in [9.17, 15) is 29.4 Å². The lowest BCUT2D eigenvalue weighted by atomic mass is 9.90. The van der Waals surface area contributed by atoms with Crippen LogP contribution in [0.1, 0.15) is 57.0 Å². The maximum Gasteiger partial charge on any atom is 0.345 e. The molecule has 1 aliphatic rings. The Balaban J connectivity index is 0.000000543. The first-order valence-electron chi connectivity index (χ1n) is 15.8. The predicted octanol–water partition coefficient (Wildman–Crippen LogP) is 1.27. The number of hydrogen-bond donors (Lipinski definition) is 8. The van der Waals surface area contributed by atoms with E-state index in [-0.39, 0.29) is 36.0 Å². The number of amides is 3. The average molecular weight is 688 g/mol. The fraction of sp³-hybridized carbons (Fsp3) is 0.500. The molecule has 0 radical (unpaired) electrons. The summed E-state index contributed by atoms with van der Waals surface area (Å²) >= 11 is 0. The second-order valence-corrected chi connectivity index (χ2v) is 13.1. The van der Waals surface area contributed by atoms with Gasteiger partial charge < -0.3 is 41.3 Å². The molecule has 0 fully saturated rings. The first kappa shape index (κ1) is 40.9. The highest BCUT2D eigenvalue weighted by atomic mass is 16.4. The number of carboxylic acid groups (broad SMARTS) is 1. The molecule has 8 N–H and O–H groups in total. The molecule has 0 aliphatic carbocycles. The summed E-state index contributed by atoms with van der Waals surface area (Å²) in [5.41, 5.74) is 1.59. The van der Waals surface area contributed by atoms with E-state index in [1.807, 2.05) is 26.0 Å². The number of hydrazone groups is 1. The van der Waals surface area contributed by atoms with E-state index in [0.717, 1.165) is 10.6 Å². The van der Waals surface area contributed by atoms with Crippen molar-refractivity contribution in [3.8, 4) is 0 Å². The molecule has 4 atom stereocenters. The number of carbonyl (C=O) groups is 4. The topological polar surface area (TPSA) is 233 Å². The number of urea groups is 1. The quantitative estimate of drug-likeness (QED) is 0.141. The smallest absolute Gasteiger partial charge is 0.345 e. The van der Waals surface area contributed by atoms with Crippen LogP contribution in [0.2, 0.25) is 0 Å². The van der Waals surface area contributed by atoms with Gasteiger partial charge in [-0.1, -0.05) is 58.9 Å². The molecule has 49 heavy (non-hydrogen) atoms. The van der Waals surface area contributed by atoms with Crippen molar-refractivity contribution in [2.75, 3.05) is 43.5 Å². The fourth-order valence-electron chi connectivity index (χ4n) is 4.57. The molecule has 2 aromatic carbocycles. The summed E-state index contributed by atoms with van der Waals surface area (Å²) in [6, 6.07) is 12.5. The Hall–Kier alpha value is -4.25. The summed E-state index contributed by atoms with van der Waals surface area (Å²) in [5.74, 6) is -1.57. The highest BCUT2D eigenvalue weighted by molar-refractivity contribution is 6.12. The molecule has 270 valence electrons.